The second-order valence-electron chi connectivity index (χ2n) is 6.00. The van der Waals surface area contributed by atoms with Gasteiger partial charge in [-0.3, -0.25) is 9.59 Å². The Morgan fingerprint density at radius 3 is 2.48 bits per heavy atom. The molecule has 0 spiro atoms. The predicted molar refractivity (Wildman–Crippen MR) is 92.0 cm³/mol. The van der Waals surface area contributed by atoms with Crippen LogP contribution >= 0.6 is 0 Å². The quantitative estimate of drug-likeness (QED) is 0.592. The lowest BCUT2D eigenvalue weighted by atomic mass is 9.97. The third-order valence-corrected chi connectivity index (χ3v) is 5.06. The first-order valence-corrected chi connectivity index (χ1v) is 9.16. The SMILES string of the molecule is CCNS(=O)(=O)c1ccc(C)c(C(=O)NC(C)(COC)CC(=O)O)c1. The number of rotatable bonds is 9. The van der Waals surface area contributed by atoms with Crippen LogP contribution in [0.4, 0.5) is 0 Å². The third kappa shape index (κ3) is 5.80. The van der Waals surface area contributed by atoms with Crippen LogP contribution in [0.25, 0.3) is 0 Å². The highest BCUT2D eigenvalue weighted by atomic mass is 32.2. The van der Waals surface area contributed by atoms with E-state index in [1.807, 2.05) is 0 Å². The molecule has 8 nitrogen and oxygen atoms in total. The van der Waals surface area contributed by atoms with Crippen LogP contribution in [0.5, 0.6) is 0 Å². The Hall–Kier alpha value is -1.97. The summed E-state index contributed by atoms with van der Waals surface area (Å²) in [5, 5.41) is 11.7. The zero-order chi connectivity index (χ0) is 19.3. The second-order valence-corrected chi connectivity index (χ2v) is 7.76. The van der Waals surface area contributed by atoms with E-state index in [4.69, 9.17) is 9.84 Å². The van der Waals surface area contributed by atoms with Crippen LogP contribution in [0.2, 0.25) is 0 Å². The van der Waals surface area contributed by atoms with Crippen LogP contribution in [0.3, 0.4) is 0 Å². The highest BCUT2D eigenvalue weighted by molar-refractivity contribution is 7.89. The van der Waals surface area contributed by atoms with Crippen molar-refractivity contribution in [2.75, 3.05) is 20.3 Å². The smallest absolute Gasteiger partial charge is 0.305 e. The van der Waals surface area contributed by atoms with E-state index in [0.29, 0.717) is 5.56 Å². The zero-order valence-electron chi connectivity index (χ0n) is 14.8. The van der Waals surface area contributed by atoms with Gasteiger partial charge in [-0.1, -0.05) is 13.0 Å². The van der Waals surface area contributed by atoms with Crippen molar-refractivity contribution >= 4 is 21.9 Å². The molecule has 0 radical (unpaired) electrons. The fourth-order valence-electron chi connectivity index (χ4n) is 2.41. The molecule has 0 saturated carbocycles. The molecule has 9 heteroatoms. The fraction of sp³-hybridized carbons (Fsp3) is 0.500. The molecule has 0 aliphatic carbocycles. The summed E-state index contributed by atoms with van der Waals surface area (Å²) in [6.07, 6.45) is -0.332. The Bertz CT molecular complexity index is 747. The maximum Gasteiger partial charge on any atom is 0.305 e. The molecule has 1 unspecified atom stereocenters. The number of aliphatic carboxylic acids is 1. The number of hydrogen-bond donors (Lipinski definition) is 3. The number of carboxylic acid groups (broad SMARTS) is 1. The van der Waals surface area contributed by atoms with Gasteiger partial charge >= 0.3 is 5.97 Å². The number of carbonyl (C=O) groups excluding carboxylic acids is 1. The van der Waals surface area contributed by atoms with Gasteiger partial charge in [0.05, 0.1) is 23.5 Å². The van der Waals surface area contributed by atoms with Crippen molar-refractivity contribution in [2.24, 2.45) is 0 Å². The fourth-order valence-corrected chi connectivity index (χ4v) is 3.48. The van der Waals surface area contributed by atoms with E-state index in [1.54, 1.807) is 20.8 Å². The predicted octanol–water partition coefficient (Wildman–Crippen LogP) is 0.903. The Kier molecular flexibility index (Phi) is 7.09. The topological polar surface area (TPSA) is 122 Å². The number of ether oxygens (including phenoxy) is 1. The van der Waals surface area contributed by atoms with Gasteiger partial charge < -0.3 is 15.2 Å². The summed E-state index contributed by atoms with van der Waals surface area (Å²) in [6, 6.07) is 4.22. The minimum absolute atomic E-state index is 0.000529. The van der Waals surface area contributed by atoms with Crippen LogP contribution in [0.15, 0.2) is 23.1 Å². The molecule has 0 bridgehead atoms. The number of carbonyl (C=O) groups is 2. The van der Waals surface area contributed by atoms with E-state index in [0.717, 1.165) is 0 Å². The normalized spacial score (nSPS) is 13.9. The van der Waals surface area contributed by atoms with Crippen molar-refractivity contribution in [3.05, 3.63) is 29.3 Å². The summed E-state index contributed by atoms with van der Waals surface area (Å²) in [4.78, 5) is 23.6. The Morgan fingerprint density at radius 2 is 1.96 bits per heavy atom. The Balaban J connectivity index is 3.18. The van der Waals surface area contributed by atoms with E-state index >= 15 is 0 Å². The molecule has 0 saturated heterocycles. The third-order valence-electron chi connectivity index (χ3n) is 3.52. The summed E-state index contributed by atoms with van der Waals surface area (Å²) in [7, 11) is -2.30. The van der Waals surface area contributed by atoms with Crippen molar-refractivity contribution in [1.82, 2.24) is 10.0 Å². The first kappa shape index (κ1) is 21.1. The molecule has 1 aromatic carbocycles. The number of carboxylic acids is 1. The molecule has 1 rings (SSSR count). The minimum Gasteiger partial charge on any atom is -0.481 e. The van der Waals surface area contributed by atoms with Crippen LogP contribution < -0.4 is 10.0 Å². The van der Waals surface area contributed by atoms with Gasteiger partial charge in [0, 0.05) is 19.2 Å². The number of methoxy groups -OCH3 is 1. The lowest BCUT2D eigenvalue weighted by molar-refractivity contribution is -0.139. The number of amides is 1. The van der Waals surface area contributed by atoms with Gasteiger partial charge in [-0.2, -0.15) is 0 Å². The zero-order valence-corrected chi connectivity index (χ0v) is 15.6. The molecule has 0 fully saturated rings. The molecule has 1 aromatic rings. The number of aryl methyl sites for hydroxylation is 1. The summed E-state index contributed by atoms with van der Waals surface area (Å²) in [6.45, 7) is 5.10. The first-order chi connectivity index (χ1) is 11.5. The highest BCUT2D eigenvalue weighted by Crippen LogP contribution is 2.18. The van der Waals surface area contributed by atoms with Gasteiger partial charge in [0.25, 0.3) is 5.91 Å². The van der Waals surface area contributed by atoms with Crippen molar-refractivity contribution in [1.29, 1.82) is 0 Å². The molecule has 0 heterocycles. The van der Waals surface area contributed by atoms with Crippen LogP contribution in [0.1, 0.15) is 36.2 Å². The summed E-state index contributed by atoms with van der Waals surface area (Å²) >= 11 is 0. The van der Waals surface area contributed by atoms with Gasteiger partial charge in [0.1, 0.15) is 0 Å². The Morgan fingerprint density at radius 1 is 1.32 bits per heavy atom. The summed E-state index contributed by atoms with van der Waals surface area (Å²) in [5.74, 6) is -1.65. The first-order valence-electron chi connectivity index (χ1n) is 7.68. The number of nitrogens with one attached hydrogen (secondary N) is 2. The second kappa shape index (κ2) is 8.41. The van der Waals surface area contributed by atoms with Crippen molar-refractivity contribution in [3.63, 3.8) is 0 Å². The molecule has 0 aliphatic rings. The van der Waals surface area contributed by atoms with Crippen LogP contribution in [-0.4, -0.2) is 51.2 Å². The van der Waals surface area contributed by atoms with E-state index in [-0.39, 0.29) is 30.0 Å². The lowest BCUT2D eigenvalue weighted by Gasteiger charge is -2.28. The van der Waals surface area contributed by atoms with E-state index in [1.165, 1.54) is 25.3 Å². The highest BCUT2D eigenvalue weighted by Gasteiger charge is 2.30. The molecular weight excluding hydrogens is 348 g/mol. The van der Waals surface area contributed by atoms with Gasteiger partial charge in [-0.25, -0.2) is 13.1 Å². The average molecular weight is 372 g/mol. The van der Waals surface area contributed by atoms with Gasteiger partial charge in [0.15, 0.2) is 0 Å². The summed E-state index contributed by atoms with van der Waals surface area (Å²) in [5.41, 5.74) is -0.393. The maximum absolute atomic E-state index is 12.6. The molecule has 0 aromatic heterocycles. The molecule has 140 valence electrons. The molecule has 0 aliphatic heterocycles. The summed E-state index contributed by atoms with van der Waals surface area (Å²) < 4.78 is 31.6. The lowest BCUT2D eigenvalue weighted by Crippen LogP contribution is -2.50. The van der Waals surface area contributed by atoms with Crippen LogP contribution in [0, 0.1) is 6.92 Å². The van der Waals surface area contributed by atoms with Crippen molar-refractivity contribution in [2.45, 2.75) is 37.6 Å². The maximum atomic E-state index is 12.6. The van der Waals surface area contributed by atoms with Gasteiger partial charge in [0.2, 0.25) is 10.0 Å². The van der Waals surface area contributed by atoms with Crippen molar-refractivity contribution < 1.29 is 27.9 Å². The molecule has 3 N–H and O–H groups in total. The monoisotopic (exact) mass is 372 g/mol. The van der Waals surface area contributed by atoms with E-state index in [9.17, 15) is 18.0 Å². The van der Waals surface area contributed by atoms with E-state index in [2.05, 4.69) is 10.0 Å². The average Bonchev–Trinajstić information content (AvgIpc) is 2.46. The molecule has 1 atom stereocenters. The number of sulfonamides is 1. The van der Waals surface area contributed by atoms with Crippen LogP contribution in [-0.2, 0) is 19.6 Å². The van der Waals surface area contributed by atoms with Crippen molar-refractivity contribution in [3.8, 4) is 0 Å². The Labute approximate surface area is 147 Å². The van der Waals surface area contributed by atoms with Gasteiger partial charge in [-0.15, -0.1) is 0 Å². The minimum atomic E-state index is -3.70. The van der Waals surface area contributed by atoms with E-state index < -0.39 is 27.4 Å². The van der Waals surface area contributed by atoms with Gasteiger partial charge in [-0.05, 0) is 31.5 Å². The largest absolute Gasteiger partial charge is 0.481 e. The number of hydrogen-bond acceptors (Lipinski definition) is 5. The molecule has 1 amide bonds. The standard InChI is InChI=1S/C16H24N2O6S/c1-5-17-25(22,23)12-7-6-11(2)13(8-12)15(21)18-16(3,10-24-4)9-14(19)20/h6-8,17H,5,9-10H2,1-4H3,(H,18,21)(H,19,20). The molecule has 25 heavy (non-hydrogen) atoms. The number of benzene rings is 1. The molecular formula is C16H24N2O6S.